The van der Waals surface area contributed by atoms with Crippen molar-refractivity contribution in [3.8, 4) is 0 Å². The lowest BCUT2D eigenvalue weighted by Crippen LogP contribution is -2.44. The summed E-state index contributed by atoms with van der Waals surface area (Å²) in [6, 6.07) is -0.295. The molecule has 0 aromatic heterocycles. The number of carbonyl (C=O) groups is 2. The Bertz CT molecular complexity index is 266. The predicted molar refractivity (Wildman–Crippen MR) is 67.6 cm³/mol. The third kappa shape index (κ3) is 4.36. The third-order valence-corrected chi connectivity index (χ3v) is 3.16. The Labute approximate surface area is 104 Å². The second kappa shape index (κ2) is 7.30. The zero-order valence-corrected chi connectivity index (χ0v) is 11.0. The second-order valence-corrected chi connectivity index (χ2v) is 4.69. The van der Waals surface area contributed by atoms with Crippen LogP contribution in [0, 0.1) is 0 Å². The molecule has 1 N–H and O–H groups in total. The molecule has 0 aromatic carbocycles. The van der Waals surface area contributed by atoms with Gasteiger partial charge in [-0.15, -0.1) is 0 Å². The molecule has 1 saturated heterocycles. The van der Waals surface area contributed by atoms with Crippen LogP contribution in [0.1, 0.15) is 52.4 Å². The minimum Gasteiger partial charge on any atom is -0.344 e. The van der Waals surface area contributed by atoms with Crippen molar-refractivity contribution in [3.63, 3.8) is 0 Å². The van der Waals surface area contributed by atoms with Crippen molar-refractivity contribution in [3.05, 3.63) is 0 Å². The SMILES string of the molecule is CCCCCN1CCC(=O)NC(CCC)C1=O. The summed E-state index contributed by atoms with van der Waals surface area (Å²) in [6.07, 6.45) is 5.43. The van der Waals surface area contributed by atoms with Gasteiger partial charge in [0.15, 0.2) is 0 Å². The summed E-state index contributed by atoms with van der Waals surface area (Å²) in [5.41, 5.74) is 0. The molecular weight excluding hydrogens is 216 g/mol. The van der Waals surface area contributed by atoms with Crippen molar-refractivity contribution in [2.75, 3.05) is 13.1 Å². The molecule has 0 radical (unpaired) electrons. The molecule has 1 fully saturated rings. The Kier molecular flexibility index (Phi) is 6.01. The van der Waals surface area contributed by atoms with Gasteiger partial charge in [0.2, 0.25) is 11.8 Å². The maximum Gasteiger partial charge on any atom is 0.245 e. The molecule has 1 aliphatic heterocycles. The van der Waals surface area contributed by atoms with Crippen LogP contribution in [-0.4, -0.2) is 35.8 Å². The number of hydrogen-bond donors (Lipinski definition) is 1. The van der Waals surface area contributed by atoms with Crippen LogP contribution in [0.15, 0.2) is 0 Å². The minimum absolute atomic E-state index is 0.00907. The second-order valence-electron chi connectivity index (χ2n) is 4.69. The third-order valence-electron chi connectivity index (χ3n) is 3.16. The van der Waals surface area contributed by atoms with Gasteiger partial charge in [0, 0.05) is 19.5 Å². The van der Waals surface area contributed by atoms with Gasteiger partial charge in [-0.25, -0.2) is 0 Å². The molecule has 0 bridgehead atoms. The van der Waals surface area contributed by atoms with Gasteiger partial charge in [0.25, 0.3) is 0 Å². The summed E-state index contributed by atoms with van der Waals surface area (Å²) in [6.45, 7) is 5.55. The summed E-state index contributed by atoms with van der Waals surface area (Å²) in [5.74, 6) is 0.114. The molecule has 17 heavy (non-hydrogen) atoms. The highest BCUT2D eigenvalue weighted by Gasteiger charge is 2.28. The molecule has 0 saturated carbocycles. The van der Waals surface area contributed by atoms with Gasteiger partial charge < -0.3 is 10.2 Å². The topological polar surface area (TPSA) is 49.4 Å². The highest BCUT2D eigenvalue weighted by molar-refractivity contribution is 5.89. The van der Waals surface area contributed by atoms with E-state index in [9.17, 15) is 9.59 Å². The molecule has 0 aromatic rings. The van der Waals surface area contributed by atoms with Crippen molar-refractivity contribution in [1.82, 2.24) is 10.2 Å². The Hall–Kier alpha value is -1.06. The van der Waals surface area contributed by atoms with Crippen molar-refractivity contribution in [2.45, 2.75) is 58.4 Å². The van der Waals surface area contributed by atoms with E-state index in [0.29, 0.717) is 13.0 Å². The average molecular weight is 240 g/mol. The van der Waals surface area contributed by atoms with Gasteiger partial charge in [0.1, 0.15) is 6.04 Å². The van der Waals surface area contributed by atoms with Crippen LogP contribution in [-0.2, 0) is 9.59 Å². The lowest BCUT2D eigenvalue weighted by molar-refractivity contribution is -0.133. The van der Waals surface area contributed by atoms with E-state index in [1.807, 2.05) is 11.8 Å². The van der Waals surface area contributed by atoms with E-state index in [1.54, 1.807) is 0 Å². The quantitative estimate of drug-likeness (QED) is 0.718. The first-order valence-corrected chi connectivity index (χ1v) is 6.77. The van der Waals surface area contributed by atoms with Crippen molar-refractivity contribution < 1.29 is 9.59 Å². The van der Waals surface area contributed by atoms with Crippen molar-refractivity contribution >= 4 is 11.8 Å². The largest absolute Gasteiger partial charge is 0.344 e. The van der Waals surface area contributed by atoms with Gasteiger partial charge in [-0.1, -0.05) is 33.1 Å². The van der Waals surface area contributed by atoms with Gasteiger partial charge in [0.05, 0.1) is 0 Å². The lowest BCUT2D eigenvalue weighted by Gasteiger charge is -2.23. The normalized spacial score (nSPS) is 21.3. The summed E-state index contributed by atoms with van der Waals surface area (Å²) < 4.78 is 0. The first-order chi connectivity index (χ1) is 8.19. The molecule has 1 atom stereocenters. The molecule has 2 amide bonds. The number of nitrogens with zero attached hydrogens (tertiary/aromatic N) is 1. The highest BCUT2D eigenvalue weighted by atomic mass is 16.2. The standard InChI is InChI=1S/C13H24N2O2/c1-3-5-6-9-15-10-8-12(16)14-11(7-4-2)13(15)17/h11H,3-10H2,1-2H3,(H,14,16). The number of rotatable bonds is 6. The van der Waals surface area contributed by atoms with E-state index in [1.165, 1.54) is 0 Å². The fraction of sp³-hybridized carbons (Fsp3) is 0.846. The number of unbranched alkanes of at least 4 members (excludes halogenated alkanes) is 2. The summed E-state index contributed by atoms with van der Waals surface area (Å²) >= 11 is 0. The molecule has 1 aliphatic rings. The van der Waals surface area contributed by atoms with Gasteiger partial charge in [-0.3, -0.25) is 9.59 Å². The fourth-order valence-electron chi connectivity index (χ4n) is 2.15. The molecule has 1 heterocycles. The molecule has 1 rings (SSSR count). The minimum atomic E-state index is -0.295. The maximum absolute atomic E-state index is 12.2. The molecule has 4 nitrogen and oxygen atoms in total. The summed E-state index contributed by atoms with van der Waals surface area (Å²) in [7, 11) is 0. The van der Waals surface area contributed by atoms with Crippen LogP contribution < -0.4 is 5.32 Å². The van der Waals surface area contributed by atoms with Crippen LogP contribution >= 0.6 is 0 Å². The van der Waals surface area contributed by atoms with Gasteiger partial charge >= 0.3 is 0 Å². The Morgan fingerprint density at radius 2 is 2.00 bits per heavy atom. The fourth-order valence-corrected chi connectivity index (χ4v) is 2.15. The predicted octanol–water partition coefficient (Wildman–Crippen LogP) is 1.69. The Morgan fingerprint density at radius 1 is 1.24 bits per heavy atom. The zero-order valence-electron chi connectivity index (χ0n) is 11.0. The van der Waals surface area contributed by atoms with E-state index in [-0.39, 0.29) is 17.9 Å². The monoisotopic (exact) mass is 240 g/mol. The smallest absolute Gasteiger partial charge is 0.245 e. The molecular formula is C13H24N2O2. The van der Waals surface area contributed by atoms with E-state index in [0.717, 1.165) is 38.6 Å². The summed E-state index contributed by atoms with van der Waals surface area (Å²) in [4.78, 5) is 25.5. The van der Waals surface area contributed by atoms with E-state index in [2.05, 4.69) is 12.2 Å². The number of carbonyl (C=O) groups excluding carboxylic acids is 2. The van der Waals surface area contributed by atoms with Crippen LogP contribution in [0.25, 0.3) is 0 Å². The molecule has 98 valence electrons. The van der Waals surface area contributed by atoms with E-state index < -0.39 is 0 Å². The maximum atomic E-state index is 12.2. The molecule has 4 heteroatoms. The first kappa shape index (κ1) is 14.0. The van der Waals surface area contributed by atoms with Crippen LogP contribution in [0.5, 0.6) is 0 Å². The van der Waals surface area contributed by atoms with Gasteiger partial charge in [-0.2, -0.15) is 0 Å². The lowest BCUT2D eigenvalue weighted by atomic mass is 10.1. The van der Waals surface area contributed by atoms with Crippen LogP contribution in [0.2, 0.25) is 0 Å². The highest BCUT2D eigenvalue weighted by Crippen LogP contribution is 2.09. The number of nitrogens with one attached hydrogen (secondary N) is 1. The first-order valence-electron chi connectivity index (χ1n) is 6.77. The Balaban J connectivity index is 2.56. The van der Waals surface area contributed by atoms with Gasteiger partial charge in [-0.05, 0) is 12.8 Å². The van der Waals surface area contributed by atoms with E-state index in [4.69, 9.17) is 0 Å². The van der Waals surface area contributed by atoms with Crippen molar-refractivity contribution in [2.24, 2.45) is 0 Å². The summed E-state index contributed by atoms with van der Waals surface area (Å²) in [5, 5.41) is 2.82. The van der Waals surface area contributed by atoms with Crippen molar-refractivity contribution in [1.29, 1.82) is 0 Å². The molecule has 1 unspecified atom stereocenters. The molecule has 0 spiro atoms. The molecule has 0 aliphatic carbocycles. The van der Waals surface area contributed by atoms with E-state index >= 15 is 0 Å². The number of amides is 2. The van der Waals surface area contributed by atoms with Crippen LogP contribution in [0.4, 0.5) is 0 Å². The Morgan fingerprint density at radius 3 is 2.65 bits per heavy atom. The zero-order chi connectivity index (χ0) is 12.7. The number of hydrogen-bond acceptors (Lipinski definition) is 2. The van der Waals surface area contributed by atoms with Crippen LogP contribution in [0.3, 0.4) is 0 Å². The average Bonchev–Trinajstić information content (AvgIpc) is 2.43.